The molecule has 1 N–H and O–H groups in total. The second-order valence-corrected chi connectivity index (χ2v) is 4.41. The average molecular weight is 273 g/mol. The molecule has 106 valence electrons. The average Bonchev–Trinajstić information content (AvgIpc) is 2.49. The molecule has 1 unspecified atom stereocenters. The zero-order valence-corrected chi connectivity index (χ0v) is 11.6. The number of benzene rings is 1. The molecule has 0 amide bonds. The van der Waals surface area contributed by atoms with E-state index in [9.17, 15) is 5.11 Å². The lowest BCUT2D eigenvalue weighted by molar-refractivity contribution is 0.0706. The highest BCUT2D eigenvalue weighted by Gasteiger charge is 2.11. The predicted molar refractivity (Wildman–Crippen MR) is 75.0 cm³/mol. The molecule has 0 bridgehead atoms. The Morgan fingerprint density at radius 3 is 2.85 bits per heavy atom. The Bertz CT molecular complexity index is 491. The summed E-state index contributed by atoms with van der Waals surface area (Å²) in [6.45, 7) is 4.05. The van der Waals surface area contributed by atoms with Gasteiger partial charge in [0.15, 0.2) is 0 Å². The van der Waals surface area contributed by atoms with Crippen molar-refractivity contribution in [3.05, 3.63) is 29.8 Å². The Hall–Kier alpha value is -2.08. The normalized spacial score (nSPS) is 11.7. The lowest BCUT2D eigenvalue weighted by atomic mass is 10.2. The molecule has 0 saturated carbocycles. The van der Waals surface area contributed by atoms with Crippen molar-refractivity contribution in [3.8, 4) is 17.9 Å². The number of ether oxygens (including phenoxy) is 1. The molecule has 0 aliphatic heterocycles. The van der Waals surface area contributed by atoms with E-state index in [-0.39, 0.29) is 6.61 Å². The molecule has 0 saturated heterocycles. The molecule has 1 atom stereocenters. The fraction of sp³-hybridized carbons (Fsp3) is 0.467. The van der Waals surface area contributed by atoms with Crippen molar-refractivity contribution < 1.29 is 9.84 Å². The molecule has 0 aliphatic rings. The van der Waals surface area contributed by atoms with Crippen LogP contribution in [-0.4, -0.2) is 42.4 Å². The summed E-state index contributed by atoms with van der Waals surface area (Å²) in [5.41, 5.74) is 0.529. The number of rotatable bonds is 8. The first kappa shape index (κ1) is 16.0. The fourth-order valence-corrected chi connectivity index (χ4v) is 1.79. The lowest BCUT2D eigenvalue weighted by Crippen LogP contribution is -2.36. The second-order valence-electron chi connectivity index (χ2n) is 4.41. The zero-order valence-electron chi connectivity index (χ0n) is 11.6. The predicted octanol–water partition coefficient (Wildman–Crippen LogP) is 1.53. The molecule has 0 radical (unpaired) electrons. The second kappa shape index (κ2) is 8.92. The van der Waals surface area contributed by atoms with Crippen LogP contribution in [0.1, 0.15) is 18.9 Å². The highest BCUT2D eigenvalue weighted by molar-refractivity contribution is 5.36. The zero-order chi connectivity index (χ0) is 14.8. The lowest BCUT2D eigenvalue weighted by Gasteiger charge is -2.22. The van der Waals surface area contributed by atoms with Gasteiger partial charge < -0.3 is 9.84 Å². The molecule has 0 spiro atoms. The summed E-state index contributed by atoms with van der Waals surface area (Å²) in [7, 11) is 0. The largest absolute Gasteiger partial charge is 0.491 e. The number of nitrogens with zero attached hydrogens (tertiary/aromatic N) is 3. The van der Waals surface area contributed by atoms with Crippen LogP contribution in [0.5, 0.6) is 5.75 Å². The van der Waals surface area contributed by atoms with E-state index in [1.165, 1.54) is 0 Å². The summed E-state index contributed by atoms with van der Waals surface area (Å²) in [4.78, 5) is 2.00. The van der Waals surface area contributed by atoms with Gasteiger partial charge in [0, 0.05) is 19.5 Å². The van der Waals surface area contributed by atoms with Crippen LogP contribution in [0, 0.1) is 22.7 Å². The van der Waals surface area contributed by atoms with Crippen LogP contribution in [0.25, 0.3) is 0 Å². The minimum Gasteiger partial charge on any atom is -0.491 e. The van der Waals surface area contributed by atoms with E-state index in [1.54, 1.807) is 24.3 Å². The molecule has 5 heteroatoms. The van der Waals surface area contributed by atoms with Crippen molar-refractivity contribution in [2.24, 2.45) is 0 Å². The van der Waals surface area contributed by atoms with E-state index in [2.05, 4.69) is 6.07 Å². The molecule has 0 aromatic heterocycles. The quantitative estimate of drug-likeness (QED) is 0.777. The van der Waals surface area contributed by atoms with Crippen molar-refractivity contribution in [1.29, 1.82) is 10.5 Å². The topological polar surface area (TPSA) is 80.3 Å². The summed E-state index contributed by atoms with van der Waals surface area (Å²) in [6, 6.07) is 11.0. The standard InChI is InChI=1S/C15H19N3O2/c1-2-18(8-4-7-16)11-14(19)12-20-15-6-3-5-13(9-15)10-17/h3,5-6,9,14,19H,2,4,8,11-12H2,1H3. The van der Waals surface area contributed by atoms with Crippen LogP contribution >= 0.6 is 0 Å². The molecule has 0 heterocycles. The molecule has 5 nitrogen and oxygen atoms in total. The van der Waals surface area contributed by atoms with Gasteiger partial charge in [0.1, 0.15) is 18.5 Å². The number of aliphatic hydroxyl groups is 1. The Morgan fingerprint density at radius 1 is 1.40 bits per heavy atom. The van der Waals surface area contributed by atoms with Crippen molar-refractivity contribution >= 4 is 0 Å². The highest BCUT2D eigenvalue weighted by Crippen LogP contribution is 2.12. The van der Waals surface area contributed by atoms with Crippen LogP contribution in [0.15, 0.2) is 24.3 Å². The van der Waals surface area contributed by atoms with Crippen molar-refractivity contribution in [1.82, 2.24) is 4.90 Å². The molecular weight excluding hydrogens is 254 g/mol. The van der Waals surface area contributed by atoms with E-state index >= 15 is 0 Å². The van der Waals surface area contributed by atoms with E-state index in [0.29, 0.717) is 30.8 Å². The Kier molecular flexibility index (Phi) is 7.13. The van der Waals surface area contributed by atoms with Gasteiger partial charge in [-0.25, -0.2) is 0 Å². The fourth-order valence-electron chi connectivity index (χ4n) is 1.79. The van der Waals surface area contributed by atoms with Crippen LogP contribution < -0.4 is 4.74 Å². The minimum atomic E-state index is -0.626. The Labute approximate surface area is 119 Å². The highest BCUT2D eigenvalue weighted by atomic mass is 16.5. The number of hydrogen-bond acceptors (Lipinski definition) is 5. The van der Waals surface area contributed by atoms with Crippen LogP contribution in [-0.2, 0) is 0 Å². The molecule has 0 fully saturated rings. The van der Waals surface area contributed by atoms with Gasteiger partial charge in [-0.1, -0.05) is 13.0 Å². The first-order valence-corrected chi connectivity index (χ1v) is 6.60. The van der Waals surface area contributed by atoms with Gasteiger partial charge in [-0.3, -0.25) is 4.90 Å². The summed E-state index contributed by atoms with van der Waals surface area (Å²) < 4.78 is 5.47. The molecule has 1 rings (SSSR count). The Morgan fingerprint density at radius 2 is 2.20 bits per heavy atom. The maximum absolute atomic E-state index is 9.92. The van der Waals surface area contributed by atoms with Crippen LogP contribution in [0.2, 0.25) is 0 Å². The van der Waals surface area contributed by atoms with E-state index in [4.69, 9.17) is 15.3 Å². The Balaban J connectivity index is 2.40. The van der Waals surface area contributed by atoms with Gasteiger partial charge in [0.2, 0.25) is 0 Å². The number of aliphatic hydroxyl groups excluding tert-OH is 1. The summed E-state index contributed by atoms with van der Waals surface area (Å²) in [6.07, 6.45) is -0.176. The van der Waals surface area contributed by atoms with Crippen molar-refractivity contribution in [2.45, 2.75) is 19.4 Å². The van der Waals surface area contributed by atoms with Crippen LogP contribution in [0.3, 0.4) is 0 Å². The van der Waals surface area contributed by atoms with Gasteiger partial charge >= 0.3 is 0 Å². The van der Waals surface area contributed by atoms with Crippen molar-refractivity contribution in [2.75, 3.05) is 26.2 Å². The maximum Gasteiger partial charge on any atom is 0.120 e. The van der Waals surface area contributed by atoms with Gasteiger partial charge in [-0.2, -0.15) is 10.5 Å². The summed E-state index contributed by atoms with van der Waals surface area (Å²) in [5.74, 6) is 0.572. The summed E-state index contributed by atoms with van der Waals surface area (Å²) >= 11 is 0. The maximum atomic E-state index is 9.92. The van der Waals surface area contributed by atoms with Gasteiger partial charge in [-0.15, -0.1) is 0 Å². The SMILES string of the molecule is CCN(CCC#N)CC(O)COc1cccc(C#N)c1. The molecule has 1 aromatic rings. The van der Waals surface area contributed by atoms with E-state index in [0.717, 1.165) is 6.54 Å². The third kappa shape index (κ3) is 5.71. The smallest absolute Gasteiger partial charge is 0.120 e. The number of likely N-dealkylation sites (N-methyl/N-ethyl adjacent to an activating group) is 1. The number of hydrogen-bond donors (Lipinski definition) is 1. The third-order valence-corrected chi connectivity index (χ3v) is 2.86. The monoisotopic (exact) mass is 273 g/mol. The summed E-state index contributed by atoms with van der Waals surface area (Å²) in [5, 5.41) is 27.3. The first-order chi connectivity index (χ1) is 9.69. The van der Waals surface area contributed by atoms with E-state index < -0.39 is 6.10 Å². The molecule has 0 aliphatic carbocycles. The van der Waals surface area contributed by atoms with Gasteiger partial charge in [0.25, 0.3) is 0 Å². The minimum absolute atomic E-state index is 0.165. The van der Waals surface area contributed by atoms with Gasteiger partial charge in [0.05, 0.1) is 17.7 Å². The van der Waals surface area contributed by atoms with Crippen LogP contribution in [0.4, 0.5) is 0 Å². The third-order valence-electron chi connectivity index (χ3n) is 2.86. The van der Waals surface area contributed by atoms with Gasteiger partial charge in [-0.05, 0) is 24.7 Å². The molecule has 1 aromatic carbocycles. The van der Waals surface area contributed by atoms with E-state index in [1.807, 2.05) is 17.9 Å². The molecular formula is C15H19N3O2. The van der Waals surface area contributed by atoms with Crippen molar-refractivity contribution in [3.63, 3.8) is 0 Å². The number of nitriles is 2. The first-order valence-electron chi connectivity index (χ1n) is 6.60. The molecule has 20 heavy (non-hydrogen) atoms.